The second-order valence-corrected chi connectivity index (χ2v) is 11.4. The van der Waals surface area contributed by atoms with Gasteiger partial charge in [0.15, 0.2) is 23.3 Å². The summed E-state index contributed by atoms with van der Waals surface area (Å²) in [5.74, 6) is -8.58. The molecule has 0 aliphatic heterocycles. The second-order valence-electron chi connectivity index (χ2n) is 5.90. The van der Waals surface area contributed by atoms with Crippen molar-refractivity contribution in [1.82, 2.24) is 0 Å². The van der Waals surface area contributed by atoms with Crippen molar-refractivity contribution < 1.29 is 22.0 Å². The molecule has 0 heterocycles. The Morgan fingerprint density at radius 1 is 0.714 bits per heavy atom. The molecule has 0 saturated heterocycles. The first-order valence-corrected chi connectivity index (χ1v) is 10.8. The normalized spacial score (nSPS) is 11.6. The smallest absolute Gasteiger partial charge is 0.218 e. The Labute approximate surface area is 129 Å². The molecule has 1 aromatic rings. The minimum atomic E-state index is -2.10. The molecule has 0 amide bonds. The van der Waals surface area contributed by atoms with E-state index in [2.05, 4.69) is 0 Å². The van der Waals surface area contributed by atoms with Crippen LogP contribution in [0.25, 0.3) is 0 Å². The van der Waals surface area contributed by atoms with Gasteiger partial charge in [-0.05, 0) is 0 Å². The Morgan fingerprint density at radius 2 is 1.05 bits per heavy atom. The Morgan fingerprint density at radius 3 is 1.38 bits per heavy atom. The lowest BCUT2D eigenvalue weighted by Crippen LogP contribution is -2.15. The Balaban J connectivity index is 3.14. The molecule has 1 aromatic carbocycles. The molecule has 21 heavy (non-hydrogen) atoms. The quantitative estimate of drug-likeness (QED) is 0.274. The zero-order chi connectivity index (χ0) is 16.3. The Bertz CT molecular complexity index is 466. The first-order valence-electron chi connectivity index (χ1n) is 6.83. The van der Waals surface area contributed by atoms with Crippen molar-refractivity contribution in [1.29, 1.82) is 0 Å². The molecule has 0 aliphatic carbocycles. The maximum atomic E-state index is 13.7. The summed E-state index contributed by atoms with van der Waals surface area (Å²) in [6.45, 7) is 7.94. The van der Waals surface area contributed by atoms with Gasteiger partial charge in [0, 0.05) is 0 Å². The van der Waals surface area contributed by atoms with Gasteiger partial charge in [-0.15, -0.1) is 0 Å². The summed E-state index contributed by atoms with van der Waals surface area (Å²) in [6.07, 6.45) is 0. The van der Waals surface area contributed by atoms with Crippen LogP contribution in [0.5, 0.6) is 0 Å². The lowest BCUT2D eigenvalue weighted by Gasteiger charge is -2.17. The summed E-state index contributed by atoms with van der Waals surface area (Å²) in [5.41, 5.74) is 0. The zero-order valence-corrected chi connectivity index (χ0v) is 14.4. The fraction of sp³-hybridized carbons (Fsp3) is 0.571. The van der Waals surface area contributed by atoms with Crippen LogP contribution in [0.1, 0.15) is 27.7 Å². The first-order chi connectivity index (χ1) is 9.65. The van der Waals surface area contributed by atoms with E-state index in [1.807, 2.05) is 27.7 Å². The maximum Gasteiger partial charge on any atom is 0.358 e. The Hall–Kier alpha value is -0.248. The highest BCUT2D eigenvalue weighted by Gasteiger charge is 2.30. The summed E-state index contributed by atoms with van der Waals surface area (Å²) in [7, 11) is 0.878. The van der Waals surface area contributed by atoms with Crippen LogP contribution < -0.4 is 0 Å². The molecule has 0 saturated carbocycles. The van der Waals surface area contributed by atoms with Crippen LogP contribution in [0.15, 0.2) is 4.90 Å². The van der Waals surface area contributed by atoms with Crippen molar-refractivity contribution in [3.63, 3.8) is 0 Å². The molecule has 0 spiro atoms. The fourth-order valence-electron chi connectivity index (χ4n) is 2.10. The molecule has 0 unspecified atom stereocenters. The molecule has 0 aliphatic rings. The number of hydrogen-bond acceptors (Lipinski definition) is 1. The molecular weight excluding hydrogens is 322 g/mol. The highest BCUT2D eigenvalue weighted by Crippen LogP contribution is 2.36. The fourth-order valence-corrected chi connectivity index (χ4v) is 9.81. The Kier molecular flexibility index (Phi) is 7.02. The van der Waals surface area contributed by atoms with Gasteiger partial charge in [-0.3, -0.25) is 0 Å². The van der Waals surface area contributed by atoms with Crippen LogP contribution in [0.2, 0.25) is 10.6 Å². The van der Waals surface area contributed by atoms with E-state index in [1.165, 1.54) is 0 Å². The molecule has 0 N–H and O–H groups in total. The van der Waals surface area contributed by atoms with Crippen LogP contribution in [0.4, 0.5) is 22.0 Å². The molecule has 0 radical (unpaired) electrons. The van der Waals surface area contributed by atoms with Crippen molar-refractivity contribution in [2.75, 3.05) is 0 Å². The summed E-state index contributed by atoms with van der Waals surface area (Å²) < 4.78 is 66.9. The molecule has 0 fully saturated rings. The minimum absolute atomic E-state index is 0.328. The number of hydrogen-bond donors (Lipinski definition) is 0. The van der Waals surface area contributed by atoms with Crippen molar-refractivity contribution in [3.05, 3.63) is 29.1 Å². The van der Waals surface area contributed by atoms with Gasteiger partial charge >= 0.3 is 13.0 Å². The first kappa shape index (κ1) is 18.8. The largest absolute Gasteiger partial charge is 0.358 e. The van der Waals surface area contributed by atoms with Gasteiger partial charge in [0.1, 0.15) is 0 Å². The topological polar surface area (TPSA) is 0 Å². The molecule has 118 valence electrons. The molecule has 0 atom stereocenters. The van der Waals surface area contributed by atoms with Gasteiger partial charge < -0.3 is 0 Å². The standard InChI is InChI=1S/C6HF5S.2C4H9.Al/c7-1-2(8)4(10)6(12)5(11)3(1)9;2*1-4(2)3;/h12H;2*4H,1H2,2-3H3;/q;;;+1/p-1. The van der Waals surface area contributed by atoms with Crippen LogP contribution in [-0.4, -0.2) is 13.0 Å². The summed E-state index contributed by atoms with van der Waals surface area (Å²) in [6, 6.07) is 0. The van der Waals surface area contributed by atoms with E-state index < -0.39 is 47.0 Å². The van der Waals surface area contributed by atoms with Crippen molar-refractivity contribution >= 4 is 23.1 Å². The summed E-state index contributed by atoms with van der Waals surface area (Å²) in [4.78, 5) is -0.718. The summed E-state index contributed by atoms with van der Waals surface area (Å²) in [5, 5.41) is 1.56. The lowest BCUT2D eigenvalue weighted by molar-refractivity contribution is 0.361. The van der Waals surface area contributed by atoms with Crippen molar-refractivity contribution in [2.24, 2.45) is 11.8 Å². The average Bonchev–Trinajstić information content (AvgIpc) is 2.37. The SMILES string of the molecule is CC(C)[CH2][Al]([CH2]C(C)C)[S]c1c(F)c(F)c(F)c(F)c1F. The molecule has 0 nitrogen and oxygen atoms in total. The number of benzene rings is 1. The third-order valence-corrected chi connectivity index (χ3v) is 9.65. The summed E-state index contributed by atoms with van der Waals surface area (Å²) >= 11 is -1.71. The van der Waals surface area contributed by atoms with E-state index in [0.717, 1.165) is 20.7 Å². The van der Waals surface area contributed by atoms with Gasteiger partial charge in [-0.1, -0.05) is 50.1 Å². The van der Waals surface area contributed by atoms with Gasteiger partial charge in [-0.25, -0.2) is 32.1 Å². The van der Waals surface area contributed by atoms with Gasteiger partial charge in [0.25, 0.3) is 0 Å². The third kappa shape index (κ3) is 4.87. The zero-order valence-electron chi connectivity index (χ0n) is 12.4. The van der Waals surface area contributed by atoms with E-state index >= 15 is 0 Å². The molecule has 1 rings (SSSR count). The van der Waals surface area contributed by atoms with Crippen molar-refractivity contribution in [3.8, 4) is 0 Å². The van der Waals surface area contributed by atoms with E-state index in [1.54, 1.807) is 0 Å². The predicted molar refractivity (Wildman–Crippen MR) is 77.1 cm³/mol. The van der Waals surface area contributed by atoms with E-state index in [9.17, 15) is 22.0 Å². The van der Waals surface area contributed by atoms with Gasteiger partial charge in [-0.2, -0.15) is 0 Å². The van der Waals surface area contributed by atoms with Crippen LogP contribution in [0, 0.1) is 40.9 Å². The van der Waals surface area contributed by atoms with E-state index in [0.29, 0.717) is 11.8 Å². The number of rotatable bonds is 6. The highest BCUT2D eigenvalue weighted by atomic mass is 32.3. The average molecular weight is 340 g/mol. The maximum absolute atomic E-state index is 13.7. The van der Waals surface area contributed by atoms with Crippen LogP contribution in [-0.2, 0) is 0 Å². The van der Waals surface area contributed by atoms with Gasteiger partial charge in [0.2, 0.25) is 5.82 Å². The van der Waals surface area contributed by atoms with Gasteiger partial charge in [0.05, 0.1) is 4.90 Å². The molecule has 0 bridgehead atoms. The number of halogens is 5. The van der Waals surface area contributed by atoms with E-state index in [-0.39, 0.29) is 0 Å². The lowest BCUT2D eigenvalue weighted by atomic mass is 10.3. The van der Waals surface area contributed by atoms with Crippen molar-refractivity contribution in [2.45, 2.75) is 43.2 Å². The third-order valence-electron chi connectivity index (χ3n) is 2.92. The van der Waals surface area contributed by atoms with Crippen LogP contribution >= 0.6 is 10.1 Å². The van der Waals surface area contributed by atoms with Crippen LogP contribution in [0.3, 0.4) is 0 Å². The monoisotopic (exact) mass is 340 g/mol. The predicted octanol–water partition coefficient (Wildman–Crippen LogP) is 5.78. The highest BCUT2D eigenvalue weighted by molar-refractivity contribution is 8.25. The molecule has 7 heteroatoms. The van der Waals surface area contributed by atoms with E-state index in [4.69, 9.17) is 0 Å². The second kappa shape index (κ2) is 7.85. The minimum Gasteiger partial charge on any atom is -0.218 e. The molecular formula is C14H18AlF5S. The molecule has 0 aromatic heterocycles.